The highest BCUT2D eigenvalue weighted by Crippen LogP contribution is 2.17. The number of hydrogen-bond acceptors (Lipinski definition) is 3. The minimum absolute atomic E-state index is 0.0235. The molecule has 0 spiro atoms. The van der Waals surface area contributed by atoms with Crippen LogP contribution in [0.2, 0.25) is 0 Å². The van der Waals surface area contributed by atoms with Crippen LogP contribution in [0.4, 0.5) is 13.2 Å². The van der Waals surface area contributed by atoms with Crippen LogP contribution in [0.1, 0.15) is 27.2 Å². The molecule has 0 aromatic rings. The van der Waals surface area contributed by atoms with Gasteiger partial charge in [0.25, 0.3) is 0 Å². The lowest BCUT2D eigenvalue weighted by Crippen LogP contribution is -2.56. The molecular weight excluding hydrogens is 247 g/mol. The molecule has 0 aliphatic rings. The molecule has 0 aromatic carbocycles. The highest BCUT2D eigenvalue weighted by Gasteiger charge is 2.33. The van der Waals surface area contributed by atoms with Gasteiger partial charge in [0.1, 0.15) is 0 Å². The highest BCUT2D eigenvalue weighted by molar-refractivity contribution is 5.84. The van der Waals surface area contributed by atoms with E-state index in [2.05, 4.69) is 5.32 Å². The number of rotatable bonds is 7. The molecule has 7 heteroatoms. The number of alkyl halides is 3. The molecule has 1 atom stereocenters. The van der Waals surface area contributed by atoms with Gasteiger partial charge in [0.15, 0.2) is 0 Å². The molecule has 4 nitrogen and oxygen atoms in total. The van der Waals surface area contributed by atoms with E-state index in [1.165, 1.54) is 7.05 Å². The van der Waals surface area contributed by atoms with Gasteiger partial charge in [0.05, 0.1) is 12.1 Å². The number of halogens is 3. The first-order valence-electron chi connectivity index (χ1n) is 5.79. The number of hydrogen-bond donors (Lipinski definition) is 2. The van der Waals surface area contributed by atoms with E-state index in [1.54, 1.807) is 6.92 Å². The summed E-state index contributed by atoms with van der Waals surface area (Å²) in [6.07, 6.45) is -4.00. The molecule has 0 aromatic heterocycles. The van der Waals surface area contributed by atoms with Crippen molar-refractivity contribution in [1.29, 1.82) is 0 Å². The van der Waals surface area contributed by atoms with Crippen LogP contribution in [-0.2, 0) is 4.79 Å². The van der Waals surface area contributed by atoms with Crippen molar-refractivity contribution >= 4 is 5.91 Å². The Labute approximate surface area is 106 Å². The zero-order valence-corrected chi connectivity index (χ0v) is 11.3. The first kappa shape index (κ1) is 17.2. The van der Waals surface area contributed by atoms with Crippen LogP contribution < -0.4 is 11.1 Å². The van der Waals surface area contributed by atoms with Crippen molar-refractivity contribution in [3.05, 3.63) is 0 Å². The molecule has 0 rings (SSSR count). The van der Waals surface area contributed by atoms with Gasteiger partial charge in [0.2, 0.25) is 5.91 Å². The second kappa shape index (κ2) is 6.38. The zero-order valence-electron chi connectivity index (χ0n) is 11.3. The van der Waals surface area contributed by atoms with Crippen LogP contribution in [-0.4, -0.2) is 48.7 Å². The van der Waals surface area contributed by atoms with Crippen LogP contribution >= 0.6 is 0 Å². The van der Waals surface area contributed by atoms with E-state index in [-0.39, 0.29) is 19.0 Å². The molecule has 0 heterocycles. The van der Waals surface area contributed by atoms with Crippen LogP contribution in [0.25, 0.3) is 0 Å². The molecule has 0 radical (unpaired) electrons. The first-order chi connectivity index (χ1) is 7.96. The number of carbonyl (C=O) groups excluding carboxylic acids is 1. The van der Waals surface area contributed by atoms with Crippen molar-refractivity contribution in [2.45, 2.75) is 44.9 Å². The van der Waals surface area contributed by atoms with Gasteiger partial charge >= 0.3 is 6.18 Å². The number of primary amides is 1. The van der Waals surface area contributed by atoms with E-state index in [0.29, 0.717) is 0 Å². The Morgan fingerprint density at radius 3 is 2.22 bits per heavy atom. The van der Waals surface area contributed by atoms with E-state index in [1.807, 2.05) is 13.8 Å². The van der Waals surface area contributed by atoms with E-state index >= 15 is 0 Å². The lowest BCUT2D eigenvalue weighted by molar-refractivity contribution is -0.143. The molecule has 3 N–H and O–H groups in total. The summed E-state index contributed by atoms with van der Waals surface area (Å²) in [4.78, 5) is 12.5. The topological polar surface area (TPSA) is 58.4 Å². The lowest BCUT2D eigenvalue weighted by atomic mass is 9.95. The Kier molecular flexibility index (Phi) is 6.09. The smallest absolute Gasteiger partial charge is 0.368 e. The Balaban J connectivity index is 4.41. The van der Waals surface area contributed by atoms with Crippen LogP contribution in [0, 0.1) is 0 Å². The summed E-state index contributed by atoms with van der Waals surface area (Å²) in [6, 6.07) is 0.0235. The minimum atomic E-state index is -4.23. The molecule has 0 saturated carbocycles. The Hall–Kier alpha value is -0.820. The summed E-state index contributed by atoms with van der Waals surface area (Å²) in [7, 11) is 1.37. The van der Waals surface area contributed by atoms with Gasteiger partial charge in [-0.25, -0.2) is 0 Å². The maximum atomic E-state index is 12.1. The Bertz CT molecular complexity index is 281. The fraction of sp³-hybridized carbons (Fsp3) is 0.909. The SMILES string of the molecule is CC(C)NC(C)(CCN(C)CC(F)(F)F)C(N)=O. The van der Waals surface area contributed by atoms with Gasteiger partial charge < -0.3 is 11.1 Å². The van der Waals surface area contributed by atoms with Crippen molar-refractivity contribution in [3.8, 4) is 0 Å². The average molecular weight is 269 g/mol. The fourth-order valence-electron chi connectivity index (χ4n) is 1.70. The van der Waals surface area contributed by atoms with E-state index in [0.717, 1.165) is 4.90 Å². The number of carbonyl (C=O) groups is 1. The van der Waals surface area contributed by atoms with Gasteiger partial charge in [0, 0.05) is 12.6 Å². The third-order valence-electron chi connectivity index (χ3n) is 2.59. The predicted molar refractivity (Wildman–Crippen MR) is 64.0 cm³/mol. The minimum Gasteiger partial charge on any atom is -0.368 e. The van der Waals surface area contributed by atoms with E-state index in [9.17, 15) is 18.0 Å². The highest BCUT2D eigenvalue weighted by atomic mass is 19.4. The maximum absolute atomic E-state index is 12.1. The number of nitrogens with zero attached hydrogens (tertiary/aromatic N) is 1. The number of nitrogens with two attached hydrogens (primary N) is 1. The van der Waals surface area contributed by atoms with Crippen LogP contribution in [0.5, 0.6) is 0 Å². The molecule has 0 aliphatic carbocycles. The molecule has 0 fully saturated rings. The summed E-state index contributed by atoms with van der Waals surface area (Å²) in [6.45, 7) is 4.44. The summed E-state index contributed by atoms with van der Waals surface area (Å²) < 4.78 is 36.4. The molecule has 0 saturated heterocycles. The van der Waals surface area contributed by atoms with Crippen molar-refractivity contribution in [3.63, 3.8) is 0 Å². The Morgan fingerprint density at radius 1 is 1.39 bits per heavy atom. The number of nitrogens with one attached hydrogen (secondary N) is 1. The van der Waals surface area contributed by atoms with Gasteiger partial charge in [-0.3, -0.25) is 9.69 Å². The van der Waals surface area contributed by atoms with Gasteiger partial charge in [-0.15, -0.1) is 0 Å². The maximum Gasteiger partial charge on any atom is 0.401 e. The van der Waals surface area contributed by atoms with Gasteiger partial charge in [-0.1, -0.05) is 0 Å². The Morgan fingerprint density at radius 2 is 1.89 bits per heavy atom. The van der Waals surface area contributed by atoms with E-state index in [4.69, 9.17) is 5.73 Å². The predicted octanol–water partition coefficient (Wildman–Crippen LogP) is 1.11. The third-order valence-corrected chi connectivity index (χ3v) is 2.59. The molecule has 1 unspecified atom stereocenters. The first-order valence-corrected chi connectivity index (χ1v) is 5.79. The molecule has 1 amide bonds. The van der Waals surface area contributed by atoms with Crippen molar-refractivity contribution in [2.24, 2.45) is 5.73 Å². The van der Waals surface area contributed by atoms with Crippen molar-refractivity contribution in [2.75, 3.05) is 20.1 Å². The zero-order chi connectivity index (χ0) is 14.6. The fourth-order valence-corrected chi connectivity index (χ4v) is 1.70. The van der Waals surface area contributed by atoms with Crippen LogP contribution in [0.3, 0.4) is 0 Å². The second-order valence-electron chi connectivity index (χ2n) is 5.10. The monoisotopic (exact) mass is 269 g/mol. The van der Waals surface area contributed by atoms with Gasteiger partial charge in [-0.2, -0.15) is 13.2 Å². The van der Waals surface area contributed by atoms with Crippen LogP contribution in [0.15, 0.2) is 0 Å². The van der Waals surface area contributed by atoms with Crippen molar-refractivity contribution in [1.82, 2.24) is 10.2 Å². The summed E-state index contributed by atoms with van der Waals surface area (Å²) in [5.74, 6) is -0.559. The lowest BCUT2D eigenvalue weighted by Gasteiger charge is -2.31. The molecule has 0 aliphatic heterocycles. The second-order valence-corrected chi connectivity index (χ2v) is 5.10. The normalized spacial score (nSPS) is 16.1. The summed E-state index contributed by atoms with van der Waals surface area (Å²) >= 11 is 0. The molecule has 18 heavy (non-hydrogen) atoms. The van der Waals surface area contributed by atoms with Gasteiger partial charge in [-0.05, 0) is 34.2 Å². The summed E-state index contributed by atoms with van der Waals surface area (Å²) in [5.41, 5.74) is 4.30. The largest absolute Gasteiger partial charge is 0.401 e. The average Bonchev–Trinajstić information content (AvgIpc) is 2.10. The molecule has 108 valence electrons. The van der Waals surface area contributed by atoms with E-state index < -0.39 is 24.2 Å². The molecule has 0 bridgehead atoms. The number of amides is 1. The van der Waals surface area contributed by atoms with Crippen molar-refractivity contribution < 1.29 is 18.0 Å². The third kappa shape index (κ3) is 6.80. The molecular formula is C11H22F3N3O. The standard InChI is InChI=1S/C11H22F3N3O/c1-8(2)16-10(3,9(15)18)5-6-17(4)7-11(12,13)14/h8,16H,5-7H2,1-4H3,(H2,15,18). The summed E-state index contributed by atoms with van der Waals surface area (Å²) in [5, 5.41) is 2.99. The quantitative estimate of drug-likeness (QED) is 0.728.